The quantitative estimate of drug-likeness (QED) is 0.358. The number of anilines is 1. The van der Waals surface area contributed by atoms with Gasteiger partial charge in [0.05, 0.1) is 34.8 Å². The predicted octanol–water partition coefficient (Wildman–Crippen LogP) is 3.10. The van der Waals surface area contributed by atoms with Crippen LogP contribution in [0.2, 0.25) is 0 Å². The van der Waals surface area contributed by atoms with Crippen molar-refractivity contribution in [3.8, 4) is 10.4 Å². The van der Waals surface area contributed by atoms with Gasteiger partial charge in [-0.15, -0.1) is 0 Å². The summed E-state index contributed by atoms with van der Waals surface area (Å²) in [6, 6.07) is 1.54. The lowest BCUT2D eigenvalue weighted by molar-refractivity contribution is -0.122. The number of hydrogen-bond acceptors (Lipinski definition) is 8. The zero-order valence-electron chi connectivity index (χ0n) is 19.9. The van der Waals surface area contributed by atoms with E-state index in [0.717, 1.165) is 41.3 Å². The highest BCUT2D eigenvalue weighted by Crippen LogP contribution is 2.31. The molecule has 3 aromatic rings. The molecule has 0 aromatic carbocycles. The highest BCUT2D eigenvalue weighted by atomic mass is 32.1. The van der Waals surface area contributed by atoms with Gasteiger partial charge in [0.1, 0.15) is 5.82 Å². The van der Waals surface area contributed by atoms with Crippen molar-refractivity contribution in [1.82, 2.24) is 30.2 Å². The number of imidazole rings is 1. The molecular weight excluding hydrogens is 467 g/mol. The maximum Gasteiger partial charge on any atom is 0.237 e. The topological polar surface area (TPSA) is 123 Å². The van der Waals surface area contributed by atoms with Gasteiger partial charge in [-0.05, 0) is 51.6 Å². The Morgan fingerprint density at radius 1 is 1.40 bits per heavy atom. The fourth-order valence-corrected chi connectivity index (χ4v) is 4.58. The van der Waals surface area contributed by atoms with Crippen LogP contribution < -0.4 is 21.7 Å². The van der Waals surface area contributed by atoms with Crippen molar-refractivity contribution in [2.24, 2.45) is 5.73 Å². The van der Waals surface area contributed by atoms with Gasteiger partial charge >= 0.3 is 0 Å². The number of carbonyl (C=O) groups excluding carboxylic acids is 1. The van der Waals surface area contributed by atoms with Crippen molar-refractivity contribution >= 4 is 34.5 Å². The first-order chi connectivity index (χ1) is 17.0. The average molecular weight is 499 g/mol. The van der Waals surface area contributed by atoms with Gasteiger partial charge in [-0.3, -0.25) is 9.78 Å². The average Bonchev–Trinajstić information content (AvgIpc) is 3.63. The molecule has 35 heavy (non-hydrogen) atoms. The number of nitrogens with one attached hydrogen (secondary N) is 3. The number of rotatable bonds is 9. The number of hydrogen-bond donors (Lipinski definition) is 4. The SMILES string of the molecule is C=Cc1ncn(CCNC(=O)C2CCCN2)c1/C=C(\C)Nc1ncc(-c2ccncc2F)s1.CN. The predicted molar refractivity (Wildman–Crippen MR) is 139 cm³/mol. The number of pyridine rings is 1. The number of halogens is 1. The van der Waals surface area contributed by atoms with E-state index in [1.54, 1.807) is 30.9 Å². The fourth-order valence-electron chi connectivity index (χ4n) is 3.67. The van der Waals surface area contributed by atoms with E-state index in [1.165, 1.54) is 24.6 Å². The molecule has 0 bridgehead atoms. The molecule has 11 heteroatoms. The summed E-state index contributed by atoms with van der Waals surface area (Å²) in [5, 5.41) is 10.1. The second-order valence-electron chi connectivity index (χ2n) is 7.69. The molecule has 1 fully saturated rings. The molecule has 1 unspecified atom stereocenters. The smallest absolute Gasteiger partial charge is 0.237 e. The van der Waals surface area contributed by atoms with Crippen molar-refractivity contribution in [3.63, 3.8) is 0 Å². The molecule has 186 valence electrons. The zero-order valence-corrected chi connectivity index (χ0v) is 20.7. The molecular formula is C24H31FN8OS. The van der Waals surface area contributed by atoms with Crippen LogP contribution in [0.4, 0.5) is 9.52 Å². The maximum atomic E-state index is 14.0. The van der Waals surface area contributed by atoms with Gasteiger partial charge in [0.15, 0.2) is 5.13 Å². The number of carbonyl (C=O) groups is 1. The van der Waals surface area contributed by atoms with Crippen molar-refractivity contribution in [1.29, 1.82) is 0 Å². The Hall–Kier alpha value is -3.41. The third kappa shape index (κ3) is 6.81. The molecule has 1 atom stereocenters. The summed E-state index contributed by atoms with van der Waals surface area (Å²) in [4.78, 5) is 25.5. The summed E-state index contributed by atoms with van der Waals surface area (Å²) in [5.74, 6) is -0.341. The third-order valence-corrected chi connectivity index (χ3v) is 6.28. The Morgan fingerprint density at radius 2 is 2.23 bits per heavy atom. The largest absolute Gasteiger partial charge is 0.353 e. The van der Waals surface area contributed by atoms with Crippen LogP contribution >= 0.6 is 11.3 Å². The number of nitrogens with zero attached hydrogens (tertiary/aromatic N) is 4. The van der Waals surface area contributed by atoms with Gasteiger partial charge in [-0.1, -0.05) is 17.9 Å². The first-order valence-electron chi connectivity index (χ1n) is 11.3. The Bertz CT molecular complexity index is 1170. The van der Waals surface area contributed by atoms with Crippen molar-refractivity contribution in [3.05, 3.63) is 60.5 Å². The minimum atomic E-state index is -0.379. The first-order valence-corrected chi connectivity index (χ1v) is 12.1. The Morgan fingerprint density at radius 3 is 2.94 bits per heavy atom. The molecule has 1 aliphatic heterocycles. The minimum Gasteiger partial charge on any atom is -0.353 e. The van der Waals surface area contributed by atoms with Gasteiger partial charge in [0.25, 0.3) is 0 Å². The normalized spacial score (nSPS) is 15.3. The van der Waals surface area contributed by atoms with Crippen molar-refractivity contribution < 1.29 is 9.18 Å². The molecule has 9 nitrogen and oxygen atoms in total. The van der Waals surface area contributed by atoms with Crippen LogP contribution in [0.25, 0.3) is 22.6 Å². The van der Waals surface area contributed by atoms with E-state index < -0.39 is 0 Å². The molecule has 1 amide bonds. The second kappa shape index (κ2) is 12.9. The summed E-state index contributed by atoms with van der Waals surface area (Å²) in [5.41, 5.74) is 7.44. The molecule has 4 rings (SSSR count). The molecule has 4 heterocycles. The summed E-state index contributed by atoms with van der Waals surface area (Å²) in [7, 11) is 1.50. The van der Waals surface area contributed by atoms with Crippen LogP contribution in [-0.2, 0) is 11.3 Å². The van der Waals surface area contributed by atoms with Crippen LogP contribution in [-0.4, -0.2) is 51.6 Å². The van der Waals surface area contributed by atoms with Gasteiger partial charge in [0.2, 0.25) is 5.91 Å². The number of aromatic nitrogens is 4. The van der Waals surface area contributed by atoms with E-state index in [-0.39, 0.29) is 17.8 Å². The standard InChI is InChI=1S/C23H26FN7OS.CH5N/c1-3-18-20(31(14-29-18)10-9-27-22(32)19-5-4-7-26-19)11-15(2)30-23-28-13-21(33-23)16-6-8-25-12-17(16)24;1-2/h3,6,8,11-14,19,26H,1,4-5,7,9-10H2,2H3,(H,27,32)(H,28,30);2H2,1H3/b15-11+;. The first kappa shape index (κ1) is 26.2. The molecule has 1 saturated heterocycles. The number of amides is 1. The molecule has 0 aliphatic carbocycles. The number of allylic oxidation sites excluding steroid dienone is 1. The number of thiazole rings is 1. The molecule has 5 N–H and O–H groups in total. The Balaban J connectivity index is 0.00000167. The van der Waals surface area contributed by atoms with Crippen LogP contribution in [0, 0.1) is 5.82 Å². The zero-order chi connectivity index (χ0) is 25.2. The van der Waals surface area contributed by atoms with E-state index in [1.807, 2.05) is 17.6 Å². The van der Waals surface area contributed by atoms with Gasteiger partial charge < -0.3 is 26.3 Å². The molecule has 0 saturated carbocycles. The van der Waals surface area contributed by atoms with Crippen molar-refractivity contribution in [2.75, 3.05) is 25.5 Å². The van der Waals surface area contributed by atoms with Crippen molar-refractivity contribution in [2.45, 2.75) is 32.4 Å². The van der Waals surface area contributed by atoms with Crippen LogP contribution in [0.5, 0.6) is 0 Å². The van der Waals surface area contributed by atoms with Gasteiger partial charge in [-0.25, -0.2) is 14.4 Å². The van der Waals surface area contributed by atoms with Crippen LogP contribution in [0.3, 0.4) is 0 Å². The fraction of sp³-hybridized carbons (Fsp3) is 0.333. The summed E-state index contributed by atoms with van der Waals surface area (Å²) < 4.78 is 16.0. The monoisotopic (exact) mass is 498 g/mol. The molecule has 0 spiro atoms. The lowest BCUT2D eigenvalue weighted by atomic mass is 10.2. The maximum absolute atomic E-state index is 14.0. The molecule has 3 aromatic heterocycles. The third-order valence-electron chi connectivity index (χ3n) is 5.33. The van der Waals surface area contributed by atoms with E-state index in [2.05, 4.69) is 43.2 Å². The van der Waals surface area contributed by atoms with Crippen LogP contribution in [0.15, 0.2) is 43.3 Å². The highest BCUT2D eigenvalue weighted by Gasteiger charge is 2.21. The molecule has 1 aliphatic rings. The van der Waals surface area contributed by atoms with Gasteiger partial charge in [0, 0.05) is 36.7 Å². The Kier molecular flexibility index (Phi) is 9.65. The van der Waals surface area contributed by atoms with Crippen LogP contribution in [0.1, 0.15) is 31.2 Å². The number of nitrogens with two attached hydrogens (primary N) is 1. The lowest BCUT2D eigenvalue weighted by Crippen LogP contribution is -2.41. The summed E-state index contributed by atoms with van der Waals surface area (Å²) in [6.07, 6.45) is 11.7. The van der Waals surface area contributed by atoms with E-state index in [4.69, 9.17) is 0 Å². The van der Waals surface area contributed by atoms with Gasteiger partial charge in [-0.2, -0.15) is 0 Å². The van der Waals surface area contributed by atoms with E-state index in [0.29, 0.717) is 23.8 Å². The second-order valence-corrected chi connectivity index (χ2v) is 8.72. The minimum absolute atomic E-state index is 0.0386. The lowest BCUT2D eigenvalue weighted by Gasteiger charge is -2.12. The summed E-state index contributed by atoms with van der Waals surface area (Å²) in [6.45, 7) is 7.75. The summed E-state index contributed by atoms with van der Waals surface area (Å²) >= 11 is 1.36. The molecule has 0 radical (unpaired) electrons. The van der Waals surface area contributed by atoms with E-state index in [9.17, 15) is 9.18 Å². The Labute approximate surface area is 208 Å². The highest BCUT2D eigenvalue weighted by molar-refractivity contribution is 7.18. The van der Waals surface area contributed by atoms with E-state index >= 15 is 0 Å².